The molecule has 0 saturated carbocycles. The molecule has 0 radical (unpaired) electrons. The molecule has 2 aromatic rings. The molecule has 0 bridgehead atoms. The first-order chi connectivity index (χ1) is 13.2. The molecular formula is C22H26N2O3. The lowest BCUT2D eigenvalue weighted by molar-refractivity contribution is -0.134. The molecule has 3 rings (SSSR count). The minimum Gasteiger partial charge on any atom is -0.497 e. The van der Waals surface area contributed by atoms with Crippen LogP contribution in [0, 0.1) is 0 Å². The molecule has 1 saturated heterocycles. The highest BCUT2D eigenvalue weighted by atomic mass is 16.5. The van der Waals surface area contributed by atoms with Gasteiger partial charge in [-0.05, 0) is 43.0 Å². The average Bonchev–Trinajstić information content (AvgIpc) is 2.74. The van der Waals surface area contributed by atoms with Crippen molar-refractivity contribution < 1.29 is 14.3 Å². The summed E-state index contributed by atoms with van der Waals surface area (Å²) in [5, 5.41) is 2.94. The Hall–Kier alpha value is -2.82. The number of likely N-dealkylation sites (tertiary alicyclic amines) is 1. The second kappa shape index (κ2) is 9.21. The number of hydrogen-bond donors (Lipinski definition) is 1. The SMILES string of the molecule is COc1cccc(C(=O)N[C@@H](Cc2ccccc2)C(=O)N2CCCCC2)c1. The van der Waals surface area contributed by atoms with E-state index in [1.807, 2.05) is 35.2 Å². The summed E-state index contributed by atoms with van der Waals surface area (Å²) in [6.45, 7) is 1.53. The quantitative estimate of drug-likeness (QED) is 0.855. The molecule has 1 N–H and O–H groups in total. The number of rotatable bonds is 6. The first-order valence-corrected chi connectivity index (χ1v) is 9.45. The van der Waals surface area contributed by atoms with E-state index in [1.165, 1.54) is 0 Å². The van der Waals surface area contributed by atoms with E-state index in [1.54, 1.807) is 31.4 Å². The van der Waals surface area contributed by atoms with Crippen molar-refractivity contribution in [3.8, 4) is 5.75 Å². The number of benzene rings is 2. The molecule has 1 aliphatic heterocycles. The van der Waals surface area contributed by atoms with E-state index < -0.39 is 6.04 Å². The molecule has 1 atom stereocenters. The maximum atomic E-state index is 13.1. The maximum absolute atomic E-state index is 13.1. The molecular weight excluding hydrogens is 340 g/mol. The van der Waals surface area contributed by atoms with E-state index in [4.69, 9.17) is 4.74 Å². The highest BCUT2D eigenvalue weighted by Crippen LogP contribution is 2.15. The summed E-state index contributed by atoms with van der Waals surface area (Å²) in [6, 6.07) is 16.2. The van der Waals surface area contributed by atoms with Gasteiger partial charge in [0.2, 0.25) is 5.91 Å². The molecule has 1 heterocycles. The number of ether oxygens (including phenoxy) is 1. The predicted octanol–water partition coefficient (Wildman–Crippen LogP) is 3.05. The van der Waals surface area contributed by atoms with Gasteiger partial charge in [-0.3, -0.25) is 9.59 Å². The third-order valence-electron chi connectivity index (χ3n) is 4.89. The van der Waals surface area contributed by atoms with Crippen molar-refractivity contribution in [2.75, 3.05) is 20.2 Å². The zero-order valence-corrected chi connectivity index (χ0v) is 15.7. The molecule has 0 aliphatic carbocycles. The van der Waals surface area contributed by atoms with Crippen molar-refractivity contribution in [3.63, 3.8) is 0 Å². The fraction of sp³-hybridized carbons (Fsp3) is 0.364. The Morgan fingerprint density at radius 3 is 2.48 bits per heavy atom. The Bertz CT molecular complexity index is 770. The number of methoxy groups -OCH3 is 1. The van der Waals surface area contributed by atoms with Gasteiger partial charge < -0.3 is 15.0 Å². The van der Waals surface area contributed by atoms with Gasteiger partial charge in [-0.15, -0.1) is 0 Å². The standard InChI is InChI=1S/C22H26N2O3/c1-27-19-12-8-11-18(16-19)21(25)23-20(15-17-9-4-2-5-10-17)22(26)24-13-6-3-7-14-24/h2,4-5,8-12,16,20H,3,6-7,13-15H2,1H3,(H,23,25)/t20-/m0/s1. The van der Waals surface area contributed by atoms with Crippen LogP contribution in [0.25, 0.3) is 0 Å². The van der Waals surface area contributed by atoms with Gasteiger partial charge in [0.05, 0.1) is 7.11 Å². The lowest BCUT2D eigenvalue weighted by Gasteiger charge is -2.31. The average molecular weight is 366 g/mol. The van der Waals surface area contributed by atoms with Gasteiger partial charge in [0.25, 0.3) is 5.91 Å². The zero-order chi connectivity index (χ0) is 19.1. The number of carbonyl (C=O) groups excluding carboxylic acids is 2. The topological polar surface area (TPSA) is 58.6 Å². The van der Waals surface area contributed by atoms with Gasteiger partial charge in [-0.25, -0.2) is 0 Å². The molecule has 1 fully saturated rings. The van der Waals surface area contributed by atoms with Crippen LogP contribution in [0.3, 0.4) is 0 Å². The molecule has 142 valence electrons. The van der Waals surface area contributed by atoms with Crippen LogP contribution >= 0.6 is 0 Å². The number of piperidine rings is 1. The summed E-state index contributed by atoms with van der Waals surface area (Å²) < 4.78 is 5.19. The molecule has 2 amide bonds. The first-order valence-electron chi connectivity index (χ1n) is 9.45. The minimum atomic E-state index is -0.579. The highest BCUT2D eigenvalue weighted by Gasteiger charge is 2.27. The molecule has 0 unspecified atom stereocenters. The van der Waals surface area contributed by atoms with Gasteiger partial charge in [0.15, 0.2) is 0 Å². The number of carbonyl (C=O) groups is 2. The van der Waals surface area contributed by atoms with Crippen molar-refractivity contribution in [1.82, 2.24) is 10.2 Å². The molecule has 0 aromatic heterocycles. The van der Waals surface area contributed by atoms with Crippen LogP contribution in [0.1, 0.15) is 35.2 Å². The lowest BCUT2D eigenvalue weighted by Crippen LogP contribution is -2.51. The van der Waals surface area contributed by atoms with Gasteiger partial charge in [0.1, 0.15) is 11.8 Å². The van der Waals surface area contributed by atoms with Gasteiger partial charge in [-0.1, -0.05) is 36.4 Å². The molecule has 2 aromatic carbocycles. The van der Waals surface area contributed by atoms with Crippen molar-refractivity contribution >= 4 is 11.8 Å². The summed E-state index contributed by atoms with van der Waals surface area (Å²) in [5.74, 6) is 0.347. The van der Waals surface area contributed by atoms with E-state index in [-0.39, 0.29) is 11.8 Å². The second-order valence-corrected chi connectivity index (χ2v) is 6.83. The number of nitrogens with one attached hydrogen (secondary N) is 1. The monoisotopic (exact) mass is 366 g/mol. The van der Waals surface area contributed by atoms with Crippen LogP contribution in [0.2, 0.25) is 0 Å². The maximum Gasteiger partial charge on any atom is 0.252 e. The molecule has 5 nitrogen and oxygen atoms in total. The Balaban J connectivity index is 1.77. The van der Waals surface area contributed by atoms with E-state index in [0.717, 1.165) is 37.9 Å². The van der Waals surface area contributed by atoms with Crippen molar-refractivity contribution in [2.24, 2.45) is 0 Å². The number of amides is 2. The number of hydrogen-bond acceptors (Lipinski definition) is 3. The largest absolute Gasteiger partial charge is 0.497 e. The van der Waals surface area contributed by atoms with Crippen LogP contribution in [-0.2, 0) is 11.2 Å². The van der Waals surface area contributed by atoms with E-state index in [2.05, 4.69) is 5.32 Å². The van der Waals surface area contributed by atoms with Crippen LogP contribution < -0.4 is 10.1 Å². The van der Waals surface area contributed by atoms with Gasteiger partial charge in [0, 0.05) is 25.1 Å². The predicted molar refractivity (Wildman–Crippen MR) is 105 cm³/mol. The third kappa shape index (κ3) is 5.09. The van der Waals surface area contributed by atoms with Crippen LogP contribution in [0.5, 0.6) is 5.75 Å². The van der Waals surface area contributed by atoms with Gasteiger partial charge in [-0.2, -0.15) is 0 Å². The lowest BCUT2D eigenvalue weighted by atomic mass is 10.0. The first kappa shape index (κ1) is 19.0. The third-order valence-corrected chi connectivity index (χ3v) is 4.89. The van der Waals surface area contributed by atoms with Crippen LogP contribution in [0.15, 0.2) is 54.6 Å². The number of nitrogens with zero attached hydrogens (tertiary/aromatic N) is 1. The molecule has 5 heteroatoms. The summed E-state index contributed by atoms with van der Waals surface area (Å²) in [7, 11) is 1.56. The smallest absolute Gasteiger partial charge is 0.252 e. The fourth-order valence-electron chi connectivity index (χ4n) is 3.39. The van der Waals surface area contributed by atoms with E-state index in [0.29, 0.717) is 17.7 Å². The Morgan fingerprint density at radius 1 is 1.04 bits per heavy atom. The fourth-order valence-corrected chi connectivity index (χ4v) is 3.39. The van der Waals surface area contributed by atoms with Crippen molar-refractivity contribution in [3.05, 3.63) is 65.7 Å². The summed E-state index contributed by atoms with van der Waals surface area (Å²) >= 11 is 0. The van der Waals surface area contributed by atoms with Crippen LogP contribution in [-0.4, -0.2) is 43.0 Å². The second-order valence-electron chi connectivity index (χ2n) is 6.83. The Labute approximate surface area is 160 Å². The zero-order valence-electron chi connectivity index (χ0n) is 15.7. The normalized spacial score (nSPS) is 15.1. The summed E-state index contributed by atoms with van der Waals surface area (Å²) in [4.78, 5) is 27.7. The van der Waals surface area contributed by atoms with Crippen molar-refractivity contribution in [2.45, 2.75) is 31.7 Å². The Morgan fingerprint density at radius 2 is 1.78 bits per heavy atom. The molecule has 1 aliphatic rings. The van der Waals surface area contributed by atoms with E-state index in [9.17, 15) is 9.59 Å². The Kier molecular flexibility index (Phi) is 6.47. The summed E-state index contributed by atoms with van der Waals surface area (Å²) in [5.41, 5.74) is 1.51. The van der Waals surface area contributed by atoms with Gasteiger partial charge >= 0.3 is 0 Å². The molecule has 27 heavy (non-hydrogen) atoms. The van der Waals surface area contributed by atoms with Crippen molar-refractivity contribution in [1.29, 1.82) is 0 Å². The van der Waals surface area contributed by atoms with Crippen LogP contribution in [0.4, 0.5) is 0 Å². The minimum absolute atomic E-state index is 0.00482. The molecule has 0 spiro atoms. The summed E-state index contributed by atoms with van der Waals surface area (Å²) in [6.07, 6.45) is 3.68. The highest BCUT2D eigenvalue weighted by molar-refractivity contribution is 5.98. The van der Waals surface area contributed by atoms with E-state index >= 15 is 0 Å².